The lowest BCUT2D eigenvalue weighted by molar-refractivity contribution is -0.873. The zero-order chi connectivity index (χ0) is 18.9. The van der Waals surface area contributed by atoms with Crippen molar-refractivity contribution in [2.75, 3.05) is 33.4 Å². The first-order chi connectivity index (χ1) is 10.9. The minimum Gasteiger partial charge on any atom is -0.480 e. The first kappa shape index (κ1) is 22.8. The first-order valence-electron chi connectivity index (χ1n) is 7.74. The maximum atomic E-state index is 12.1. The van der Waals surface area contributed by atoms with Gasteiger partial charge in [-0.15, -0.1) is 0 Å². The van der Waals surface area contributed by atoms with E-state index >= 15 is 0 Å². The van der Waals surface area contributed by atoms with Crippen molar-refractivity contribution in [2.24, 2.45) is 0 Å². The zero-order valence-electron chi connectivity index (χ0n) is 14.9. The van der Waals surface area contributed by atoms with Crippen LogP contribution in [0, 0.1) is 0 Å². The molecule has 0 bridgehead atoms. The van der Waals surface area contributed by atoms with Crippen LogP contribution in [0.5, 0.6) is 0 Å². The van der Waals surface area contributed by atoms with Crippen molar-refractivity contribution in [1.82, 2.24) is 5.32 Å². The fourth-order valence-corrected chi connectivity index (χ4v) is 2.81. The van der Waals surface area contributed by atoms with E-state index in [4.69, 9.17) is 9.84 Å². The lowest BCUT2D eigenvalue weighted by Crippen LogP contribution is -2.44. The van der Waals surface area contributed by atoms with Crippen molar-refractivity contribution in [2.45, 2.75) is 45.1 Å². The standard InChI is InChI=1S/C15H28N2O6S/c1-6-13(19)23-11(8-17(3,4)5)7-14(20)24-9-12(15(21)22)16-10(2)18/h11-13,19H,6-9H2,1-5H3,(H-,16,18,21,22)/p+1. The molecule has 8 nitrogen and oxygen atoms in total. The number of rotatable bonds is 11. The van der Waals surface area contributed by atoms with E-state index in [1.807, 2.05) is 21.1 Å². The van der Waals surface area contributed by atoms with E-state index in [0.717, 1.165) is 11.8 Å². The number of carboxylic acid groups (broad SMARTS) is 1. The number of likely N-dealkylation sites (N-methyl/N-ethyl adjacent to an activating group) is 1. The van der Waals surface area contributed by atoms with Crippen LogP contribution in [0.1, 0.15) is 26.7 Å². The molecule has 0 aliphatic carbocycles. The molecule has 3 N–H and O–H groups in total. The Labute approximate surface area is 147 Å². The van der Waals surface area contributed by atoms with Gasteiger partial charge in [0.2, 0.25) is 5.91 Å². The molecule has 24 heavy (non-hydrogen) atoms. The molecule has 0 radical (unpaired) electrons. The van der Waals surface area contributed by atoms with Crippen LogP contribution < -0.4 is 5.32 Å². The lowest BCUT2D eigenvalue weighted by Gasteiger charge is -2.30. The molecule has 0 aromatic carbocycles. The molecule has 3 unspecified atom stereocenters. The maximum absolute atomic E-state index is 12.1. The molecule has 0 saturated carbocycles. The quantitative estimate of drug-likeness (QED) is 0.350. The first-order valence-corrected chi connectivity index (χ1v) is 8.72. The molecule has 0 spiro atoms. The van der Waals surface area contributed by atoms with Crippen LogP contribution in [-0.2, 0) is 19.1 Å². The summed E-state index contributed by atoms with van der Waals surface area (Å²) in [5, 5.41) is 20.7. The second kappa shape index (κ2) is 10.7. The number of aliphatic carboxylic acids is 1. The second-order valence-electron chi connectivity index (χ2n) is 6.57. The van der Waals surface area contributed by atoms with E-state index in [-0.39, 0.29) is 17.3 Å². The minimum atomic E-state index is -1.19. The predicted molar refractivity (Wildman–Crippen MR) is 91.4 cm³/mol. The van der Waals surface area contributed by atoms with Gasteiger partial charge in [-0.05, 0) is 6.42 Å². The number of aliphatic hydroxyl groups excluding tert-OH is 1. The topological polar surface area (TPSA) is 113 Å². The third kappa shape index (κ3) is 11.4. The van der Waals surface area contributed by atoms with Gasteiger partial charge >= 0.3 is 5.97 Å². The van der Waals surface area contributed by atoms with Crippen molar-refractivity contribution < 1.29 is 33.8 Å². The van der Waals surface area contributed by atoms with Gasteiger partial charge in [0.1, 0.15) is 18.7 Å². The third-order valence-electron chi connectivity index (χ3n) is 2.93. The summed E-state index contributed by atoms with van der Waals surface area (Å²) in [7, 11) is 5.84. The zero-order valence-corrected chi connectivity index (χ0v) is 15.8. The molecule has 0 aromatic heterocycles. The van der Waals surface area contributed by atoms with Gasteiger partial charge in [0.15, 0.2) is 11.4 Å². The number of nitrogens with one attached hydrogen (secondary N) is 1. The highest BCUT2D eigenvalue weighted by molar-refractivity contribution is 8.13. The van der Waals surface area contributed by atoms with Gasteiger partial charge in [-0.25, -0.2) is 4.79 Å². The highest BCUT2D eigenvalue weighted by atomic mass is 32.2. The monoisotopic (exact) mass is 365 g/mol. The molecule has 0 aliphatic heterocycles. The van der Waals surface area contributed by atoms with E-state index in [1.165, 1.54) is 6.92 Å². The van der Waals surface area contributed by atoms with Crippen molar-refractivity contribution in [3.05, 3.63) is 0 Å². The molecule has 9 heteroatoms. The fraction of sp³-hybridized carbons (Fsp3) is 0.800. The molecule has 0 rings (SSSR count). The summed E-state index contributed by atoms with van der Waals surface area (Å²) in [5.41, 5.74) is 0. The number of thioether (sulfide) groups is 1. The molecule has 3 atom stereocenters. The number of carboxylic acids is 1. The van der Waals surface area contributed by atoms with Crippen LogP contribution in [-0.4, -0.2) is 83.6 Å². The van der Waals surface area contributed by atoms with Gasteiger partial charge in [-0.1, -0.05) is 18.7 Å². The van der Waals surface area contributed by atoms with Crippen LogP contribution in [0.2, 0.25) is 0 Å². The minimum absolute atomic E-state index is 0.0544. The average Bonchev–Trinajstić information content (AvgIpc) is 2.40. The fourth-order valence-electron chi connectivity index (χ4n) is 1.93. The van der Waals surface area contributed by atoms with Gasteiger partial charge < -0.3 is 24.7 Å². The molecular formula is C15H29N2O6S+. The number of carbonyl (C=O) groups is 3. The van der Waals surface area contributed by atoms with Gasteiger partial charge in [0, 0.05) is 19.1 Å². The number of hydrogen-bond donors (Lipinski definition) is 3. The number of aliphatic hydroxyl groups is 1. The van der Waals surface area contributed by atoms with Gasteiger partial charge in [-0.3, -0.25) is 9.59 Å². The highest BCUT2D eigenvalue weighted by Crippen LogP contribution is 2.15. The Kier molecular flexibility index (Phi) is 10.1. The molecule has 0 fully saturated rings. The molecule has 0 heterocycles. The Balaban J connectivity index is 4.63. The second-order valence-corrected chi connectivity index (χ2v) is 7.65. The summed E-state index contributed by atoms with van der Waals surface area (Å²) in [6, 6.07) is -1.12. The van der Waals surface area contributed by atoms with Gasteiger partial charge in [0.25, 0.3) is 0 Å². The average molecular weight is 365 g/mol. The molecule has 0 saturated heterocycles. The number of amides is 1. The summed E-state index contributed by atoms with van der Waals surface area (Å²) in [5.74, 6) is -1.71. The largest absolute Gasteiger partial charge is 0.480 e. The summed E-state index contributed by atoms with van der Waals surface area (Å²) in [6.45, 7) is 3.52. The van der Waals surface area contributed by atoms with Crippen molar-refractivity contribution in [3.8, 4) is 0 Å². The SMILES string of the molecule is CCC(O)OC(CC(=O)SCC(NC(C)=O)C(=O)O)C[N+](C)(C)C. The van der Waals surface area contributed by atoms with E-state index in [9.17, 15) is 19.5 Å². The molecule has 140 valence electrons. The Morgan fingerprint density at radius 1 is 1.25 bits per heavy atom. The van der Waals surface area contributed by atoms with E-state index in [0.29, 0.717) is 17.4 Å². The van der Waals surface area contributed by atoms with Crippen molar-refractivity contribution in [1.29, 1.82) is 0 Å². The smallest absolute Gasteiger partial charge is 0.327 e. The lowest BCUT2D eigenvalue weighted by atomic mass is 10.2. The van der Waals surface area contributed by atoms with Crippen LogP contribution >= 0.6 is 11.8 Å². The molecule has 1 amide bonds. The van der Waals surface area contributed by atoms with Crippen LogP contribution in [0.3, 0.4) is 0 Å². The summed E-state index contributed by atoms with van der Waals surface area (Å²) in [6.07, 6.45) is -0.933. The highest BCUT2D eigenvalue weighted by Gasteiger charge is 2.26. The van der Waals surface area contributed by atoms with Crippen LogP contribution in [0.25, 0.3) is 0 Å². The maximum Gasteiger partial charge on any atom is 0.327 e. The molecular weight excluding hydrogens is 336 g/mol. The Morgan fingerprint density at radius 2 is 1.83 bits per heavy atom. The van der Waals surface area contributed by atoms with E-state index in [2.05, 4.69) is 5.32 Å². The van der Waals surface area contributed by atoms with E-state index in [1.54, 1.807) is 6.92 Å². The number of carbonyl (C=O) groups excluding carboxylic acids is 2. The molecule has 0 aromatic rings. The summed E-state index contributed by atoms with van der Waals surface area (Å²) in [4.78, 5) is 34.1. The van der Waals surface area contributed by atoms with Crippen molar-refractivity contribution in [3.63, 3.8) is 0 Å². The van der Waals surface area contributed by atoms with Crippen LogP contribution in [0.15, 0.2) is 0 Å². The Morgan fingerprint density at radius 3 is 2.25 bits per heavy atom. The number of hydrogen-bond acceptors (Lipinski definition) is 6. The summed E-state index contributed by atoms with van der Waals surface area (Å²) < 4.78 is 6.04. The van der Waals surface area contributed by atoms with Gasteiger partial charge in [0.05, 0.1) is 21.1 Å². The van der Waals surface area contributed by atoms with E-state index < -0.39 is 30.3 Å². The normalized spacial score (nSPS) is 15.4. The van der Waals surface area contributed by atoms with Crippen molar-refractivity contribution >= 4 is 28.8 Å². The summed E-state index contributed by atoms with van der Waals surface area (Å²) >= 11 is 0.841. The Bertz CT molecular complexity index is 438. The number of nitrogens with zero attached hydrogens (tertiary/aromatic N) is 1. The number of ether oxygens (including phenoxy) is 1. The predicted octanol–water partition coefficient (Wildman–Crippen LogP) is 0.0454. The van der Waals surface area contributed by atoms with Crippen LogP contribution in [0.4, 0.5) is 0 Å². The van der Waals surface area contributed by atoms with Gasteiger partial charge in [-0.2, -0.15) is 0 Å². The third-order valence-corrected chi connectivity index (χ3v) is 3.92. The Hall–Kier alpha value is -1.16. The molecule has 0 aliphatic rings. The number of quaternary nitrogens is 1.